The quantitative estimate of drug-likeness (QED) is 0.213. The Balaban J connectivity index is 1.07. The van der Waals surface area contributed by atoms with E-state index >= 15 is 0 Å². The summed E-state index contributed by atoms with van der Waals surface area (Å²) in [5.41, 5.74) is 4.74. The van der Waals surface area contributed by atoms with Gasteiger partial charge < -0.3 is 24.5 Å². The lowest BCUT2D eigenvalue weighted by atomic mass is 9.94. The Hall–Kier alpha value is -4.95. The number of hydrogen-bond acceptors (Lipinski definition) is 10. The van der Waals surface area contributed by atoms with Crippen molar-refractivity contribution in [2.45, 2.75) is 65.0 Å². The van der Waals surface area contributed by atoms with Gasteiger partial charge in [0, 0.05) is 43.4 Å². The minimum Gasteiger partial charge on any atom is -0.379 e. The van der Waals surface area contributed by atoms with Crippen molar-refractivity contribution in [3.63, 3.8) is 0 Å². The maximum atomic E-state index is 13.7. The third kappa shape index (κ3) is 8.12. The van der Waals surface area contributed by atoms with E-state index in [1.165, 1.54) is 0 Å². The van der Waals surface area contributed by atoms with E-state index in [1.807, 2.05) is 53.2 Å². The zero-order valence-electron chi connectivity index (χ0n) is 27.4. The molecule has 4 amide bonds. The van der Waals surface area contributed by atoms with Gasteiger partial charge in [-0.05, 0) is 32.4 Å². The number of hydrogen-bond donors (Lipinski definition) is 1. The van der Waals surface area contributed by atoms with Gasteiger partial charge in [-0.1, -0.05) is 47.7 Å². The molecule has 0 aliphatic carbocycles. The van der Waals surface area contributed by atoms with Gasteiger partial charge in [-0.2, -0.15) is 0 Å². The monoisotopic (exact) mass is 660 g/mol. The Morgan fingerprint density at radius 1 is 0.833 bits per heavy atom. The number of amides is 4. The minimum atomic E-state index is -0.741. The lowest BCUT2D eigenvalue weighted by molar-refractivity contribution is -0.198. The summed E-state index contributed by atoms with van der Waals surface area (Å²) in [6.07, 6.45) is 0.135. The lowest BCUT2D eigenvalue weighted by Gasteiger charge is -2.30. The van der Waals surface area contributed by atoms with Crippen LogP contribution in [0.5, 0.6) is 0 Å². The Kier molecular flexibility index (Phi) is 11.0. The van der Waals surface area contributed by atoms with Gasteiger partial charge in [0.1, 0.15) is 5.69 Å². The van der Waals surface area contributed by atoms with Crippen molar-refractivity contribution in [2.75, 3.05) is 37.9 Å². The van der Waals surface area contributed by atoms with Crippen molar-refractivity contribution in [2.24, 2.45) is 0 Å². The van der Waals surface area contributed by atoms with Crippen molar-refractivity contribution in [3.8, 4) is 22.5 Å². The van der Waals surface area contributed by atoms with Crippen LogP contribution in [0.15, 0.2) is 48.5 Å². The number of para-hydroxylation sites is 1. The number of imide groups is 1. The van der Waals surface area contributed by atoms with Crippen LogP contribution in [0.25, 0.3) is 22.5 Å². The number of ether oxygens (including phenoxy) is 2. The van der Waals surface area contributed by atoms with Crippen LogP contribution in [-0.2, 0) is 50.4 Å². The molecular formula is C34H40N6O8. The van der Waals surface area contributed by atoms with E-state index in [2.05, 4.69) is 36.4 Å². The molecule has 3 aromatic rings. The number of nitrogens with zero attached hydrogens (tertiary/aromatic N) is 5. The van der Waals surface area contributed by atoms with Crippen LogP contribution < -0.4 is 10.2 Å². The third-order valence-corrected chi connectivity index (χ3v) is 7.81. The number of fused-ring (bicyclic) bond motifs is 5. The molecule has 254 valence electrons. The number of rotatable bonds is 13. The van der Waals surface area contributed by atoms with Crippen LogP contribution in [0.4, 0.5) is 5.69 Å². The molecule has 2 aliphatic heterocycles. The molecule has 5 rings (SSSR count). The van der Waals surface area contributed by atoms with Crippen LogP contribution in [0.2, 0.25) is 0 Å². The number of hydroxylamine groups is 2. The summed E-state index contributed by atoms with van der Waals surface area (Å²) in [5.74, 6) is -2.20. The molecule has 0 atom stereocenters. The van der Waals surface area contributed by atoms with Crippen molar-refractivity contribution in [1.29, 1.82) is 0 Å². The lowest BCUT2D eigenvalue weighted by Crippen LogP contribution is -2.35. The second-order valence-electron chi connectivity index (χ2n) is 12.4. The Morgan fingerprint density at radius 2 is 1.48 bits per heavy atom. The van der Waals surface area contributed by atoms with E-state index in [0.717, 1.165) is 33.8 Å². The van der Waals surface area contributed by atoms with Crippen molar-refractivity contribution >= 4 is 35.3 Å². The molecule has 1 saturated heterocycles. The minimum absolute atomic E-state index is 0.0261. The predicted octanol–water partition coefficient (Wildman–Crippen LogP) is 3.14. The van der Waals surface area contributed by atoms with E-state index in [-0.39, 0.29) is 82.4 Å². The summed E-state index contributed by atoms with van der Waals surface area (Å²) in [6, 6.07) is 15.6. The van der Waals surface area contributed by atoms with Crippen LogP contribution in [0.3, 0.4) is 0 Å². The molecule has 1 fully saturated rings. The van der Waals surface area contributed by atoms with Gasteiger partial charge >= 0.3 is 5.97 Å². The zero-order chi connectivity index (χ0) is 34.3. The number of aromatic nitrogens is 3. The summed E-state index contributed by atoms with van der Waals surface area (Å²) >= 11 is 0. The molecule has 2 aliphatic rings. The van der Waals surface area contributed by atoms with Gasteiger partial charge in [-0.15, -0.1) is 10.2 Å². The average molecular weight is 661 g/mol. The summed E-state index contributed by atoms with van der Waals surface area (Å²) in [5, 5.41) is 12.4. The number of benzene rings is 2. The number of nitrogens with one attached hydrogen (secondary N) is 1. The molecule has 0 bridgehead atoms. The zero-order valence-corrected chi connectivity index (χ0v) is 27.4. The molecule has 0 unspecified atom stereocenters. The van der Waals surface area contributed by atoms with Gasteiger partial charge in [0.15, 0.2) is 0 Å². The normalized spacial score (nSPS) is 14.1. The fourth-order valence-electron chi connectivity index (χ4n) is 5.43. The van der Waals surface area contributed by atoms with E-state index in [4.69, 9.17) is 14.3 Å². The summed E-state index contributed by atoms with van der Waals surface area (Å²) in [7, 11) is 0. The van der Waals surface area contributed by atoms with Crippen LogP contribution >= 0.6 is 0 Å². The molecule has 0 spiro atoms. The first-order valence-corrected chi connectivity index (χ1v) is 16.0. The molecular weight excluding hydrogens is 620 g/mol. The third-order valence-electron chi connectivity index (χ3n) is 7.81. The highest BCUT2D eigenvalue weighted by Crippen LogP contribution is 2.42. The molecule has 0 saturated carbocycles. The van der Waals surface area contributed by atoms with Gasteiger partial charge in [0.25, 0.3) is 11.8 Å². The second-order valence-corrected chi connectivity index (χ2v) is 12.4. The Bertz CT molecular complexity index is 1660. The van der Waals surface area contributed by atoms with Crippen molar-refractivity contribution in [1.82, 2.24) is 25.4 Å². The van der Waals surface area contributed by atoms with Crippen LogP contribution in [-0.4, -0.2) is 82.6 Å². The first-order valence-electron chi connectivity index (χ1n) is 16.0. The van der Waals surface area contributed by atoms with Crippen LogP contribution in [0, 0.1) is 0 Å². The first kappa shape index (κ1) is 34.4. The number of carbonyl (C=O) groups is 5. The number of anilines is 1. The Morgan fingerprint density at radius 3 is 2.19 bits per heavy atom. The SMILES string of the molecule is CC(C)(C)n1nnc2c1-c1ccccc1N(C(=O)CCNC(=O)CCOCCOCCC(=O)ON1C(=O)CCC1=O)Cc1ccccc1-2. The molecule has 0 radical (unpaired) electrons. The topological polar surface area (TPSA) is 162 Å². The van der Waals surface area contributed by atoms with Gasteiger partial charge in [0.2, 0.25) is 11.8 Å². The Labute approximate surface area is 278 Å². The number of carbonyl (C=O) groups excluding carboxylic acids is 5. The molecule has 1 N–H and O–H groups in total. The average Bonchev–Trinajstić information content (AvgIpc) is 3.63. The molecule has 3 heterocycles. The first-order chi connectivity index (χ1) is 23.0. The van der Waals surface area contributed by atoms with Gasteiger partial charge in [-0.3, -0.25) is 19.2 Å². The summed E-state index contributed by atoms with van der Waals surface area (Å²) in [6.45, 7) is 7.26. The fourth-order valence-corrected chi connectivity index (χ4v) is 5.43. The molecule has 14 nitrogen and oxygen atoms in total. The van der Waals surface area contributed by atoms with Crippen LogP contribution in [0.1, 0.15) is 58.4 Å². The summed E-state index contributed by atoms with van der Waals surface area (Å²) in [4.78, 5) is 67.4. The highest BCUT2D eigenvalue weighted by Gasteiger charge is 2.33. The maximum absolute atomic E-state index is 13.7. The van der Waals surface area contributed by atoms with E-state index in [0.29, 0.717) is 11.6 Å². The fraction of sp³-hybridized carbons (Fsp3) is 0.441. The standard InChI is InChI=1S/C34H40N6O8/c1-34(2,3)40-33-25-10-6-7-11-26(25)38(22-23-8-4-5-9-24(23)32(33)36-37-40)28(42)14-17-35-27(41)15-18-46-20-21-47-19-16-31(45)48-39-29(43)12-13-30(39)44/h4-11H,12-22H2,1-3H3,(H,35,41). The molecule has 48 heavy (non-hydrogen) atoms. The van der Waals surface area contributed by atoms with Gasteiger partial charge in [-0.25, -0.2) is 9.48 Å². The molecule has 14 heteroatoms. The van der Waals surface area contributed by atoms with E-state index in [1.54, 1.807) is 4.90 Å². The van der Waals surface area contributed by atoms with Crippen molar-refractivity contribution in [3.05, 3.63) is 54.1 Å². The molecule has 2 aromatic carbocycles. The van der Waals surface area contributed by atoms with Crippen molar-refractivity contribution < 1.29 is 38.3 Å². The highest BCUT2D eigenvalue weighted by molar-refractivity contribution is 6.02. The largest absolute Gasteiger partial charge is 0.379 e. The highest BCUT2D eigenvalue weighted by atomic mass is 16.7. The van der Waals surface area contributed by atoms with Gasteiger partial charge in [0.05, 0.1) is 56.3 Å². The van der Waals surface area contributed by atoms with E-state index in [9.17, 15) is 24.0 Å². The van der Waals surface area contributed by atoms with E-state index < -0.39 is 17.8 Å². The predicted molar refractivity (Wildman–Crippen MR) is 173 cm³/mol. The smallest absolute Gasteiger partial charge is 0.335 e. The maximum Gasteiger partial charge on any atom is 0.335 e. The molecule has 1 aromatic heterocycles. The second kappa shape index (κ2) is 15.3. The summed E-state index contributed by atoms with van der Waals surface area (Å²) < 4.78 is 12.7.